The van der Waals surface area contributed by atoms with Gasteiger partial charge in [0.25, 0.3) is 11.8 Å². The Kier molecular flexibility index (Phi) is 6.36. The zero-order chi connectivity index (χ0) is 22.1. The summed E-state index contributed by atoms with van der Waals surface area (Å²) in [5.74, 6) is -0.567. The van der Waals surface area contributed by atoms with E-state index >= 15 is 0 Å². The first kappa shape index (κ1) is 22.1. The van der Waals surface area contributed by atoms with Crippen molar-refractivity contribution >= 4 is 43.9 Å². The number of hydrogen-bond acceptors (Lipinski definition) is 6. The molecule has 1 heterocycles. The molecule has 1 aromatic heterocycles. The number of aromatic nitrogens is 2. The zero-order valence-electron chi connectivity index (χ0n) is 16.3. The van der Waals surface area contributed by atoms with Crippen LogP contribution >= 0.6 is 22.6 Å². The van der Waals surface area contributed by atoms with Crippen LogP contribution in [0.4, 0.5) is 10.1 Å². The molecule has 0 bridgehead atoms. The Labute approximate surface area is 187 Å². The monoisotopic (exact) mass is 540 g/mol. The van der Waals surface area contributed by atoms with E-state index < -0.39 is 21.5 Å². The smallest absolute Gasteiger partial charge is 0.261 e. The van der Waals surface area contributed by atoms with Gasteiger partial charge in [0.1, 0.15) is 20.8 Å². The van der Waals surface area contributed by atoms with Gasteiger partial charge in [-0.2, -0.15) is 0 Å². The van der Waals surface area contributed by atoms with E-state index in [-0.39, 0.29) is 11.4 Å². The van der Waals surface area contributed by atoms with E-state index in [1.54, 1.807) is 32.0 Å². The molecule has 0 aliphatic carbocycles. The van der Waals surface area contributed by atoms with Crippen molar-refractivity contribution in [3.63, 3.8) is 0 Å². The summed E-state index contributed by atoms with van der Waals surface area (Å²) < 4.78 is 39.4. The van der Waals surface area contributed by atoms with E-state index in [0.29, 0.717) is 31.2 Å². The van der Waals surface area contributed by atoms with E-state index in [2.05, 4.69) is 15.5 Å². The number of carbonyl (C=O) groups excluding carboxylic acids is 1. The summed E-state index contributed by atoms with van der Waals surface area (Å²) in [7, 11) is -2.93. The zero-order valence-corrected chi connectivity index (χ0v) is 19.3. The molecule has 0 saturated heterocycles. The second-order valence-corrected chi connectivity index (χ2v) is 9.81. The van der Waals surface area contributed by atoms with Crippen molar-refractivity contribution < 1.29 is 18.1 Å². The van der Waals surface area contributed by atoms with E-state index in [1.165, 1.54) is 30.5 Å². The Morgan fingerprint density at radius 3 is 2.60 bits per heavy atom. The van der Waals surface area contributed by atoms with E-state index in [0.717, 1.165) is 0 Å². The van der Waals surface area contributed by atoms with Crippen molar-refractivity contribution in [3.8, 4) is 11.6 Å². The number of aryl methyl sites for hydroxylation is 1. The lowest BCUT2D eigenvalue weighted by Crippen LogP contribution is -2.17. The third-order valence-electron chi connectivity index (χ3n) is 4.24. The summed E-state index contributed by atoms with van der Waals surface area (Å²) in [5, 5.41) is 10.8. The predicted octanol–water partition coefficient (Wildman–Crippen LogP) is 4.92. The maximum atomic E-state index is 13.4. The van der Waals surface area contributed by atoms with Crippen LogP contribution in [0.15, 0.2) is 47.4 Å². The molecule has 0 fully saturated rings. The summed E-state index contributed by atoms with van der Waals surface area (Å²) in [5.41, 5.74) is 1.66. The number of ether oxygens (including phenoxy) is 1. The minimum atomic E-state index is -2.93. The van der Waals surface area contributed by atoms with Crippen LogP contribution in [0.5, 0.6) is 11.6 Å². The van der Waals surface area contributed by atoms with E-state index in [9.17, 15) is 13.4 Å². The fourth-order valence-electron chi connectivity index (χ4n) is 2.66. The van der Waals surface area contributed by atoms with Crippen molar-refractivity contribution in [2.45, 2.75) is 18.7 Å². The highest BCUT2D eigenvalue weighted by Crippen LogP contribution is 2.30. The van der Waals surface area contributed by atoms with Crippen LogP contribution in [0.25, 0.3) is 0 Å². The van der Waals surface area contributed by atoms with Gasteiger partial charge in [-0.3, -0.25) is 4.79 Å². The Hall–Kier alpha value is -2.60. The lowest BCUT2D eigenvalue weighted by Gasteiger charge is -2.14. The predicted molar refractivity (Wildman–Crippen MR) is 120 cm³/mol. The number of nitrogens with one attached hydrogen (secondary N) is 2. The Balaban J connectivity index is 1.98. The van der Waals surface area contributed by atoms with Crippen molar-refractivity contribution in [1.82, 2.24) is 10.2 Å². The molecule has 3 rings (SSSR count). The fraction of sp³-hybridized carbons (Fsp3) is 0.150. The summed E-state index contributed by atoms with van der Waals surface area (Å²) >= 11 is 1.97. The highest BCUT2D eigenvalue weighted by atomic mass is 127. The molecule has 1 amide bonds. The second kappa shape index (κ2) is 8.64. The number of halogens is 2. The maximum Gasteiger partial charge on any atom is 0.261 e. The first-order chi connectivity index (χ1) is 14.1. The first-order valence-corrected chi connectivity index (χ1v) is 11.7. The Morgan fingerprint density at radius 2 is 1.93 bits per heavy atom. The van der Waals surface area contributed by atoms with Crippen LogP contribution in [-0.2, 0) is 9.73 Å². The Morgan fingerprint density at radius 1 is 1.20 bits per heavy atom. The van der Waals surface area contributed by atoms with Crippen molar-refractivity contribution in [3.05, 3.63) is 68.7 Å². The van der Waals surface area contributed by atoms with Gasteiger partial charge in [0.05, 0.1) is 9.73 Å². The third-order valence-corrected chi connectivity index (χ3v) is 6.42. The molecule has 2 N–H and O–H groups in total. The molecule has 7 nitrogen and oxygen atoms in total. The number of nitrogens with zero attached hydrogens (tertiary/aromatic N) is 2. The topological polar surface area (TPSA) is 105 Å². The minimum absolute atomic E-state index is 0.0175. The van der Waals surface area contributed by atoms with Crippen LogP contribution in [0.1, 0.15) is 21.5 Å². The number of anilines is 1. The molecule has 0 aliphatic rings. The first-order valence-electron chi connectivity index (χ1n) is 8.68. The van der Waals surface area contributed by atoms with E-state index in [4.69, 9.17) is 9.52 Å². The number of amides is 1. The van der Waals surface area contributed by atoms with Crippen LogP contribution in [0.3, 0.4) is 0 Å². The van der Waals surface area contributed by atoms with Gasteiger partial charge in [0.15, 0.2) is 0 Å². The molecule has 30 heavy (non-hydrogen) atoms. The van der Waals surface area contributed by atoms with E-state index in [1.807, 2.05) is 22.6 Å². The van der Waals surface area contributed by atoms with Gasteiger partial charge in [-0.25, -0.2) is 13.4 Å². The molecule has 0 spiro atoms. The molecule has 3 aromatic rings. The SMILES string of the molecule is Cc1cc(F)ccc1Oc1nnc(I)c(C)c1C(=O)Nc1cccc(S(C)(=N)=O)c1. The molecular weight excluding hydrogens is 522 g/mol. The molecule has 0 saturated carbocycles. The van der Waals surface area contributed by atoms with Crippen LogP contribution in [0, 0.1) is 28.1 Å². The van der Waals surface area contributed by atoms with Gasteiger partial charge in [-0.05, 0) is 78.4 Å². The van der Waals surface area contributed by atoms with Gasteiger partial charge in [-0.1, -0.05) is 6.07 Å². The molecule has 2 aromatic carbocycles. The lowest BCUT2D eigenvalue weighted by atomic mass is 10.1. The summed E-state index contributed by atoms with van der Waals surface area (Å²) in [6.45, 7) is 3.40. The highest BCUT2D eigenvalue weighted by Gasteiger charge is 2.22. The van der Waals surface area contributed by atoms with Crippen molar-refractivity contribution in [1.29, 1.82) is 4.78 Å². The maximum absolute atomic E-state index is 13.4. The number of benzene rings is 2. The van der Waals surface area contributed by atoms with Gasteiger partial charge in [0.2, 0.25) is 0 Å². The summed E-state index contributed by atoms with van der Waals surface area (Å²) in [6, 6.07) is 10.3. The summed E-state index contributed by atoms with van der Waals surface area (Å²) in [4.78, 5) is 13.4. The van der Waals surface area contributed by atoms with Crippen molar-refractivity contribution in [2.75, 3.05) is 11.6 Å². The molecule has 0 aliphatic heterocycles. The van der Waals surface area contributed by atoms with Gasteiger partial charge >= 0.3 is 0 Å². The molecule has 1 atom stereocenters. The second-order valence-electron chi connectivity index (χ2n) is 6.63. The molecule has 0 radical (unpaired) electrons. The molecule has 10 heteroatoms. The largest absolute Gasteiger partial charge is 0.437 e. The van der Waals surface area contributed by atoms with Crippen LogP contribution in [-0.4, -0.2) is 26.6 Å². The minimum Gasteiger partial charge on any atom is -0.437 e. The average molecular weight is 540 g/mol. The fourth-order valence-corrected chi connectivity index (χ4v) is 3.73. The quantitative estimate of drug-likeness (QED) is 0.448. The molecule has 156 valence electrons. The summed E-state index contributed by atoms with van der Waals surface area (Å²) in [6.07, 6.45) is 1.31. The number of hydrogen-bond donors (Lipinski definition) is 2. The van der Waals surface area contributed by atoms with Gasteiger partial charge in [-0.15, -0.1) is 10.2 Å². The van der Waals surface area contributed by atoms with Gasteiger partial charge in [0, 0.05) is 22.4 Å². The third kappa shape index (κ3) is 4.93. The number of carbonyl (C=O) groups is 1. The highest BCUT2D eigenvalue weighted by molar-refractivity contribution is 14.1. The molecule has 1 unspecified atom stereocenters. The Bertz CT molecular complexity index is 1250. The van der Waals surface area contributed by atoms with Crippen LogP contribution in [0.2, 0.25) is 0 Å². The standard InChI is InChI=1S/C20H18FIN4O3S/c1-11-9-13(21)7-8-16(11)29-20-17(12(2)18(22)25-26-20)19(27)24-14-5-4-6-15(10-14)30(3,23)28/h4-10,23H,1-3H3,(H,24,27). The normalized spacial score (nSPS) is 12.8. The van der Waals surface area contributed by atoms with Crippen LogP contribution < -0.4 is 10.1 Å². The number of rotatable bonds is 5. The van der Waals surface area contributed by atoms with Crippen molar-refractivity contribution in [2.24, 2.45) is 0 Å². The lowest BCUT2D eigenvalue weighted by molar-refractivity contribution is 0.102. The van der Waals surface area contributed by atoms with Gasteiger partial charge < -0.3 is 10.1 Å². The average Bonchev–Trinajstić information content (AvgIpc) is 2.66. The molecular formula is C20H18FIN4O3S.